The van der Waals surface area contributed by atoms with E-state index in [4.69, 9.17) is 16.9 Å². The molecule has 3 aromatic carbocycles. The number of carbonyl (C=O) groups excluding carboxylic acids is 1. The van der Waals surface area contributed by atoms with Crippen LogP contribution in [0.1, 0.15) is 6.92 Å². The molecule has 208 valence electrons. The predicted molar refractivity (Wildman–Crippen MR) is 140 cm³/mol. The van der Waals surface area contributed by atoms with Crippen molar-refractivity contribution in [1.29, 1.82) is 0 Å². The summed E-state index contributed by atoms with van der Waals surface area (Å²) in [5.74, 6) is -2.07. The molecule has 4 N–H and O–H groups in total. The number of halogens is 3. The largest absolute Gasteiger partial charge is 0.339 e. The van der Waals surface area contributed by atoms with Crippen molar-refractivity contribution in [2.24, 2.45) is 10.2 Å². The number of azo groups is 1. The standard InChI is InChI=1S/C22H15ClF2N6O7S2/c1-10(32)26-17-8-12(27-21-19(23)20(24)28-22(25)29-21)4-5-16(17)31-30-13-3-2-11-6-14(39-38-37-33)9-18(15(11)7-13)40(34,35)36/h2-9,33H,1H3,(H,26,32)(H,27,28,29)(H,34,35,36)/b31-30+. The molecule has 0 aliphatic rings. The summed E-state index contributed by atoms with van der Waals surface area (Å²) < 4.78 is 65.1. The van der Waals surface area contributed by atoms with E-state index in [1.54, 1.807) is 0 Å². The van der Waals surface area contributed by atoms with Gasteiger partial charge < -0.3 is 10.6 Å². The van der Waals surface area contributed by atoms with E-state index in [9.17, 15) is 26.5 Å². The third kappa shape index (κ3) is 7.02. The summed E-state index contributed by atoms with van der Waals surface area (Å²) in [7, 11) is -4.68. The number of amides is 1. The first-order valence-electron chi connectivity index (χ1n) is 10.6. The maximum atomic E-state index is 13.7. The summed E-state index contributed by atoms with van der Waals surface area (Å²) in [6.07, 6.45) is -1.34. The summed E-state index contributed by atoms with van der Waals surface area (Å²) in [6.45, 7) is 1.25. The summed E-state index contributed by atoms with van der Waals surface area (Å²) in [4.78, 5) is 17.8. The molecule has 0 radical (unpaired) electrons. The first-order valence-corrected chi connectivity index (χ1v) is 13.2. The van der Waals surface area contributed by atoms with Crippen LogP contribution >= 0.6 is 23.6 Å². The molecule has 1 heterocycles. The first kappa shape index (κ1) is 29.2. The van der Waals surface area contributed by atoms with Crippen LogP contribution in [0, 0.1) is 12.0 Å². The van der Waals surface area contributed by atoms with Gasteiger partial charge in [-0.05, 0) is 47.9 Å². The van der Waals surface area contributed by atoms with Crippen molar-refractivity contribution in [2.75, 3.05) is 10.6 Å². The van der Waals surface area contributed by atoms with Crippen LogP contribution in [0.5, 0.6) is 0 Å². The van der Waals surface area contributed by atoms with Crippen molar-refractivity contribution in [2.45, 2.75) is 16.7 Å². The lowest BCUT2D eigenvalue weighted by Gasteiger charge is -2.11. The van der Waals surface area contributed by atoms with Crippen molar-refractivity contribution < 1.29 is 41.2 Å². The lowest BCUT2D eigenvalue weighted by molar-refractivity contribution is -0.432. The van der Waals surface area contributed by atoms with Gasteiger partial charge in [-0.2, -0.15) is 32.3 Å². The van der Waals surface area contributed by atoms with Crippen LogP contribution in [0.15, 0.2) is 68.6 Å². The van der Waals surface area contributed by atoms with Gasteiger partial charge in [0.2, 0.25) is 11.9 Å². The van der Waals surface area contributed by atoms with Gasteiger partial charge in [-0.3, -0.25) is 9.35 Å². The minimum absolute atomic E-state index is 0.107. The Morgan fingerprint density at radius 2 is 1.88 bits per heavy atom. The minimum Gasteiger partial charge on any atom is -0.339 e. The lowest BCUT2D eigenvalue weighted by atomic mass is 10.1. The SMILES string of the molecule is CC(=O)Nc1cc(Nc2nc(F)nc(F)c2Cl)ccc1/N=N/c1ccc2cc(SOOO)cc(S(=O)(=O)O)c2c1. The van der Waals surface area contributed by atoms with Crippen molar-refractivity contribution in [3.05, 3.63) is 65.6 Å². The molecule has 0 saturated heterocycles. The molecule has 1 amide bonds. The molecule has 0 spiro atoms. The number of benzene rings is 3. The molecule has 4 rings (SSSR count). The number of aromatic nitrogens is 2. The molecule has 18 heteroatoms. The van der Waals surface area contributed by atoms with Gasteiger partial charge in [0.25, 0.3) is 10.1 Å². The van der Waals surface area contributed by atoms with Gasteiger partial charge in [0.15, 0.2) is 5.82 Å². The molecule has 0 aliphatic carbocycles. The summed E-state index contributed by atoms with van der Waals surface area (Å²) >= 11 is 6.30. The Balaban J connectivity index is 1.69. The molecular weight excluding hydrogens is 598 g/mol. The lowest BCUT2D eigenvalue weighted by Crippen LogP contribution is -2.07. The monoisotopic (exact) mass is 612 g/mol. The maximum Gasteiger partial charge on any atom is 0.313 e. The fourth-order valence-corrected chi connectivity index (χ4v) is 4.77. The maximum absolute atomic E-state index is 13.7. The highest BCUT2D eigenvalue weighted by Crippen LogP contribution is 2.35. The van der Waals surface area contributed by atoms with Gasteiger partial charge in [0.1, 0.15) is 15.6 Å². The average Bonchev–Trinajstić information content (AvgIpc) is 2.88. The normalized spacial score (nSPS) is 11.8. The Morgan fingerprint density at radius 3 is 2.58 bits per heavy atom. The Bertz CT molecular complexity index is 1760. The van der Waals surface area contributed by atoms with Gasteiger partial charge in [-0.15, -0.1) is 9.45 Å². The molecule has 40 heavy (non-hydrogen) atoms. The van der Waals surface area contributed by atoms with Crippen LogP contribution in [0.3, 0.4) is 0 Å². The minimum atomic E-state index is -4.68. The topological polar surface area (TPSA) is 185 Å². The predicted octanol–water partition coefficient (Wildman–Crippen LogP) is 6.35. The van der Waals surface area contributed by atoms with Crippen molar-refractivity contribution in [1.82, 2.24) is 9.97 Å². The molecule has 0 fully saturated rings. The molecule has 13 nitrogen and oxygen atoms in total. The number of carbonyl (C=O) groups is 1. The number of hydrogen-bond donors (Lipinski definition) is 4. The number of nitrogens with one attached hydrogen (secondary N) is 2. The molecule has 4 aromatic rings. The van der Waals surface area contributed by atoms with Crippen molar-refractivity contribution >= 4 is 79.0 Å². The highest BCUT2D eigenvalue weighted by Gasteiger charge is 2.18. The first-order chi connectivity index (χ1) is 18.9. The number of anilines is 3. The smallest absolute Gasteiger partial charge is 0.313 e. The molecule has 1 aromatic heterocycles. The number of rotatable bonds is 9. The second-order valence-electron chi connectivity index (χ2n) is 7.71. The Kier molecular flexibility index (Phi) is 8.84. The van der Waals surface area contributed by atoms with Crippen molar-refractivity contribution in [3.63, 3.8) is 0 Å². The van der Waals surface area contributed by atoms with E-state index in [0.29, 0.717) is 17.4 Å². The number of nitrogens with zero attached hydrogens (tertiary/aromatic N) is 4. The van der Waals surface area contributed by atoms with Crippen LogP contribution in [-0.4, -0.2) is 34.1 Å². The zero-order valence-corrected chi connectivity index (χ0v) is 22.2. The van der Waals surface area contributed by atoms with Gasteiger partial charge in [0, 0.05) is 22.9 Å². The van der Waals surface area contributed by atoms with Gasteiger partial charge in [-0.25, -0.2) is 5.26 Å². The van der Waals surface area contributed by atoms with Gasteiger partial charge in [0.05, 0.1) is 23.4 Å². The van der Waals surface area contributed by atoms with E-state index >= 15 is 0 Å². The zero-order valence-electron chi connectivity index (χ0n) is 19.8. The fraction of sp³-hybridized carbons (Fsp3) is 0.0455. The third-order valence-electron chi connectivity index (χ3n) is 4.94. The van der Waals surface area contributed by atoms with Crippen LogP contribution < -0.4 is 10.6 Å². The Hall–Kier alpha value is -3.84. The Labute approximate surface area is 233 Å². The van der Waals surface area contributed by atoms with E-state index in [0.717, 1.165) is 6.07 Å². The van der Waals surface area contributed by atoms with Gasteiger partial charge >= 0.3 is 6.08 Å². The molecule has 0 unspecified atom stereocenters. The van der Waals surface area contributed by atoms with Crippen molar-refractivity contribution in [3.8, 4) is 0 Å². The second kappa shape index (κ2) is 12.1. The number of hydrogen-bond acceptors (Lipinski definition) is 12. The molecule has 0 atom stereocenters. The summed E-state index contributed by atoms with van der Waals surface area (Å²) in [5, 5.41) is 25.2. The van der Waals surface area contributed by atoms with Gasteiger partial charge in [-0.1, -0.05) is 22.7 Å². The quantitative estimate of drug-likeness (QED) is 0.0314. The highest BCUT2D eigenvalue weighted by molar-refractivity contribution is 7.94. The summed E-state index contributed by atoms with van der Waals surface area (Å²) in [5.41, 5.74) is 0.728. The van der Waals surface area contributed by atoms with E-state index in [1.807, 2.05) is 0 Å². The van der Waals surface area contributed by atoms with Crippen LogP contribution in [0.2, 0.25) is 5.02 Å². The molecule has 0 aliphatic heterocycles. The van der Waals surface area contributed by atoms with E-state index in [-0.39, 0.29) is 38.8 Å². The second-order valence-corrected chi connectivity index (χ2v) is 10.3. The fourth-order valence-electron chi connectivity index (χ4n) is 3.38. The van der Waals surface area contributed by atoms with E-state index < -0.39 is 38.0 Å². The molecule has 0 saturated carbocycles. The third-order valence-corrected chi connectivity index (χ3v) is 6.72. The molecule has 0 bridgehead atoms. The van der Waals surface area contributed by atoms with Crippen LogP contribution in [0.25, 0.3) is 10.8 Å². The van der Waals surface area contributed by atoms with Crippen LogP contribution in [0.4, 0.5) is 37.3 Å². The van der Waals surface area contributed by atoms with E-state index in [2.05, 4.69) is 40.2 Å². The Morgan fingerprint density at radius 1 is 1.10 bits per heavy atom. The number of fused-ring (bicyclic) bond motifs is 1. The zero-order chi connectivity index (χ0) is 29.0. The van der Waals surface area contributed by atoms with Crippen LogP contribution in [-0.2, 0) is 24.3 Å². The summed E-state index contributed by atoms with van der Waals surface area (Å²) in [6, 6.07) is 11.2. The molecular formula is C22H15ClF2N6O7S2. The highest BCUT2D eigenvalue weighted by atomic mass is 35.5. The van der Waals surface area contributed by atoms with E-state index in [1.165, 1.54) is 49.4 Å². The average molecular weight is 613 g/mol.